The van der Waals surface area contributed by atoms with Gasteiger partial charge in [0.25, 0.3) is 0 Å². The van der Waals surface area contributed by atoms with Crippen molar-refractivity contribution in [2.75, 3.05) is 19.7 Å². The molecule has 0 spiro atoms. The van der Waals surface area contributed by atoms with E-state index in [9.17, 15) is 24.6 Å². The highest BCUT2D eigenvalue weighted by Crippen LogP contribution is 2.44. The molecule has 3 N–H and O–H groups in total. The normalized spacial score (nSPS) is 20.5. The fourth-order valence-corrected chi connectivity index (χ4v) is 4.71. The predicted molar refractivity (Wildman–Crippen MR) is 121 cm³/mol. The van der Waals surface area contributed by atoms with Crippen molar-refractivity contribution in [2.24, 2.45) is 0 Å². The molecular weight excluding hydrogens is 424 g/mol. The number of nitrogens with one attached hydrogen (secondary N) is 1. The molecule has 1 unspecified atom stereocenters. The zero-order valence-corrected chi connectivity index (χ0v) is 18.5. The number of piperidine rings is 1. The van der Waals surface area contributed by atoms with Gasteiger partial charge in [0.15, 0.2) is 5.60 Å². The molecule has 8 heteroatoms. The molecule has 0 radical (unpaired) electrons. The number of ether oxygens (including phenoxy) is 1. The van der Waals surface area contributed by atoms with Crippen molar-refractivity contribution in [1.82, 2.24) is 10.2 Å². The topological polar surface area (TPSA) is 116 Å². The lowest BCUT2D eigenvalue weighted by Crippen LogP contribution is -2.55. The third kappa shape index (κ3) is 4.71. The van der Waals surface area contributed by atoms with Crippen LogP contribution in [0.15, 0.2) is 48.5 Å². The SMILES string of the molecule is C[C@@H](CC(=O)N1CCCC(O)(C(=O)O)C1)NC(=O)OCC1c2ccccc2-c2ccccc21. The van der Waals surface area contributed by atoms with Gasteiger partial charge in [0.2, 0.25) is 5.91 Å². The Bertz CT molecular complexity index is 1020. The zero-order chi connectivity index (χ0) is 23.6. The second-order valence-electron chi connectivity index (χ2n) is 8.83. The number of likely N-dealkylation sites (tertiary alicyclic amines) is 1. The van der Waals surface area contributed by atoms with Gasteiger partial charge in [0.05, 0.1) is 6.54 Å². The van der Waals surface area contributed by atoms with Crippen LogP contribution >= 0.6 is 0 Å². The van der Waals surface area contributed by atoms with E-state index in [4.69, 9.17) is 4.74 Å². The number of carboxylic acids is 1. The first-order valence-corrected chi connectivity index (χ1v) is 11.1. The summed E-state index contributed by atoms with van der Waals surface area (Å²) in [4.78, 5) is 37.6. The molecule has 2 atom stereocenters. The zero-order valence-electron chi connectivity index (χ0n) is 18.5. The predicted octanol–water partition coefficient (Wildman–Crippen LogP) is 2.74. The molecular formula is C25H28N2O6. The van der Waals surface area contributed by atoms with Crippen molar-refractivity contribution in [1.29, 1.82) is 0 Å². The Kier molecular flexibility index (Phi) is 6.37. The van der Waals surface area contributed by atoms with Gasteiger partial charge in [-0.2, -0.15) is 0 Å². The Morgan fingerprint density at radius 3 is 2.33 bits per heavy atom. The smallest absolute Gasteiger partial charge is 0.407 e. The van der Waals surface area contributed by atoms with E-state index in [0.717, 1.165) is 22.3 Å². The van der Waals surface area contributed by atoms with Crippen LogP contribution in [0.4, 0.5) is 4.79 Å². The molecule has 1 fully saturated rings. The molecule has 1 aliphatic carbocycles. The molecule has 2 amide bonds. The Morgan fingerprint density at radius 2 is 1.73 bits per heavy atom. The molecule has 0 saturated carbocycles. The number of benzene rings is 2. The summed E-state index contributed by atoms with van der Waals surface area (Å²) in [5.41, 5.74) is 2.60. The number of nitrogens with zero attached hydrogens (tertiary/aromatic N) is 1. The highest BCUT2D eigenvalue weighted by atomic mass is 16.5. The minimum Gasteiger partial charge on any atom is -0.479 e. The number of alkyl carbamates (subject to hydrolysis) is 1. The summed E-state index contributed by atoms with van der Waals surface area (Å²) in [5, 5.41) is 22.1. The lowest BCUT2D eigenvalue weighted by Gasteiger charge is -2.36. The summed E-state index contributed by atoms with van der Waals surface area (Å²) < 4.78 is 5.51. The number of hydrogen-bond donors (Lipinski definition) is 3. The Labute approximate surface area is 192 Å². The van der Waals surface area contributed by atoms with Crippen LogP contribution in [0.25, 0.3) is 11.1 Å². The van der Waals surface area contributed by atoms with E-state index < -0.39 is 23.7 Å². The fraction of sp³-hybridized carbons (Fsp3) is 0.400. The molecule has 174 valence electrons. The number of carboxylic acid groups (broad SMARTS) is 1. The van der Waals surface area contributed by atoms with Gasteiger partial charge in [-0.05, 0) is 42.0 Å². The Balaban J connectivity index is 1.31. The van der Waals surface area contributed by atoms with Crippen LogP contribution in [0.5, 0.6) is 0 Å². The largest absolute Gasteiger partial charge is 0.479 e. The molecule has 8 nitrogen and oxygen atoms in total. The summed E-state index contributed by atoms with van der Waals surface area (Å²) in [7, 11) is 0. The first-order chi connectivity index (χ1) is 15.8. The van der Waals surface area contributed by atoms with Crippen molar-refractivity contribution in [3.05, 3.63) is 59.7 Å². The van der Waals surface area contributed by atoms with Crippen LogP contribution in [0, 0.1) is 0 Å². The summed E-state index contributed by atoms with van der Waals surface area (Å²) in [6.07, 6.45) is -0.111. The molecule has 2 aliphatic rings. The first-order valence-electron chi connectivity index (χ1n) is 11.1. The average Bonchev–Trinajstić information content (AvgIpc) is 3.11. The van der Waals surface area contributed by atoms with Crippen LogP contribution in [-0.2, 0) is 14.3 Å². The molecule has 2 aromatic rings. The maximum atomic E-state index is 12.6. The standard InChI is InChI=1S/C25H28N2O6/c1-16(13-22(28)27-12-6-11-25(32,15-27)23(29)30)26-24(31)33-14-21-19-9-4-2-7-17(19)18-8-3-5-10-20(18)21/h2-5,7-10,16,21,32H,6,11-15H2,1H3,(H,26,31)(H,29,30)/t16-,25?/m0/s1. The maximum Gasteiger partial charge on any atom is 0.407 e. The highest BCUT2D eigenvalue weighted by molar-refractivity contribution is 5.82. The van der Waals surface area contributed by atoms with Gasteiger partial charge < -0.3 is 25.2 Å². The molecule has 0 aromatic heterocycles. The highest BCUT2D eigenvalue weighted by Gasteiger charge is 2.41. The third-order valence-electron chi connectivity index (χ3n) is 6.41. The van der Waals surface area contributed by atoms with Crippen LogP contribution in [0.2, 0.25) is 0 Å². The van der Waals surface area contributed by atoms with Crippen molar-refractivity contribution in [2.45, 2.75) is 43.7 Å². The van der Waals surface area contributed by atoms with Gasteiger partial charge in [0.1, 0.15) is 6.61 Å². The summed E-state index contributed by atoms with van der Waals surface area (Å²) in [6, 6.07) is 15.6. The number of β-amino-alcohol motifs (C(OH)–C–C–N with tert-alkyl or cyclic N) is 1. The van der Waals surface area contributed by atoms with E-state index in [2.05, 4.69) is 17.4 Å². The lowest BCUT2D eigenvalue weighted by molar-refractivity contribution is -0.166. The molecule has 0 bridgehead atoms. The van der Waals surface area contributed by atoms with Crippen LogP contribution in [-0.4, -0.2) is 64.4 Å². The molecule has 4 rings (SSSR count). The number of hydrogen-bond acceptors (Lipinski definition) is 5. The van der Waals surface area contributed by atoms with Gasteiger partial charge in [0, 0.05) is 24.9 Å². The van der Waals surface area contributed by atoms with Crippen LogP contribution in [0.3, 0.4) is 0 Å². The number of fused-ring (bicyclic) bond motifs is 3. The maximum absolute atomic E-state index is 12.6. The van der Waals surface area contributed by atoms with Crippen molar-refractivity contribution in [3.63, 3.8) is 0 Å². The minimum absolute atomic E-state index is 0.0140. The molecule has 1 aliphatic heterocycles. The third-order valence-corrected chi connectivity index (χ3v) is 6.41. The molecule has 1 heterocycles. The van der Waals surface area contributed by atoms with Gasteiger partial charge in [-0.25, -0.2) is 9.59 Å². The van der Waals surface area contributed by atoms with E-state index in [1.54, 1.807) is 6.92 Å². The van der Waals surface area contributed by atoms with Crippen molar-refractivity contribution < 1.29 is 29.3 Å². The first kappa shape index (κ1) is 22.8. The second-order valence-corrected chi connectivity index (χ2v) is 8.83. The molecule has 33 heavy (non-hydrogen) atoms. The Hall–Kier alpha value is -3.39. The number of carbonyl (C=O) groups is 3. The van der Waals surface area contributed by atoms with E-state index in [1.165, 1.54) is 4.90 Å². The van der Waals surface area contributed by atoms with Gasteiger partial charge in [-0.15, -0.1) is 0 Å². The van der Waals surface area contributed by atoms with Crippen LogP contribution in [0.1, 0.15) is 43.2 Å². The van der Waals surface area contributed by atoms with Gasteiger partial charge >= 0.3 is 12.1 Å². The summed E-state index contributed by atoms with van der Waals surface area (Å²) in [6.45, 7) is 2.00. The van der Waals surface area contributed by atoms with E-state index in [1.807, 2.05) is 36.4 Å². The number of rotatable bonds is 6. The summed E-state index contributed by atoms with van der Waals surface area (Å²) in [5.74, 6) is -1.70. The monoisotopic (exact) mass is 452 g/mol. The number of carbonyl (C=O) groups excluding carboxylic acids is 2. The minimum atomic E-state index is -1.92. The quantitative estimate of drug-likeness (QED) is 0.621. The lowest BCUT2D eigenvalue weighted by atomic mass is 9.92. The van der Waals surface area contributed by atoms with E-state index in [-0.39, 0.29) is 37.8 Å². The molecule has 1 saturated heterocycles. The van der Waals surface area contributed by atoms with Gasteiger partial charge in [-0.3, -0.25) is 4.79 Å². The molecule has 2 aromatic carbocycles. The average molecular weight is 453 g/mol. The number of aliphatic carboxylic acids is 1. The summed E-state index contributed by atoms with van der Waals surface area (Å²) >= 11 is 0. The van der Waals surface area contributed by atoms with Crippen LogP contribution < -0.4 is 5.32 Å². The van der Waals surface area contributed by atoms with Gasteiger partial charge in [-0.1, -0.05) is 48.5 Å². The number of amides is 2. The Morgan fingerprint density at radius 1 is 1.12 bits per heavy atom. The fourth-order valence-electron chi connectivity index (χ4n) is 4.71. The second kappa shape index (κ2) is 9.23. The van der Waals surface area contributed by atoms with Crippen molar-refractivity contribution in [3.8, 4) is 11.1 Å². The van der Waals surface area contributed by atoms with E-state index in [0.29, 0.717) is 13.0 Å². The van der Waals surface area contributed by atoms with Crippen molar-refractivity contribution >= 4 is 18.0 Å². The number of aliphatic hydroxyl groups is 1. The van der Waals surface area contributed by atoms with E-state index >= 15 is 0 Å².